The Kier molecular flexibility index (Phi) is 6.91. The summed E-state index contributed by atoms with van der Waals surface area (Å²) in [5.74, 6) is -0.0275. The summed E-state index contributed by atoms with van der Waals surface area (Å²) in [6.45, 7) is 4.08. The van der Waals surface area contributed by atoms with Crippen LogP contribution in [0.4, 0.5) is 14.9 Å². The maximum absolute atomic E-state index is 13.8. The molecule has 0 saturated carbocycles. The van der Waals surface area contributed by atoms with Gasteiger partial charge in [-0.2, -0.15) is 0 Å². The molecule has 1 aliphatic heterocycles. The van der Waals surface area contributed by atoms with E-state index in [2.05, 4.69) is 4.57 Å². The van der Waals surface area contributed by atoms with Gasteiger partial charge in [-0.05, 0) is 97.9 Å². The van der Waals surface area contributed by atoms with Gasteiger partial charge in [-0.3, -0.25) is 9.59 Å². The molecule has 0 spiro atoms. The van der Waals surface area contributed by atoms with E-state index in [0.717, 1.165) is 39.3 Å². The topological polar surface area (TPSA) is 51.5 Å². The Morgan fingerprint density at radius 1 is 0.946 bits per heavy atom. The molecule has 0 bridgehead atoms. The molecule has 0 N–H and O–H groups in total. The van der Waals surface area contributed by atoms with Gasteiger partial charge in [0.2, 0.25) is 0 Å². The number of thioether (sulfide) groups is 1. The predicted molar refractivity (Wildman–Crippen MR) is 146 cm³/mol. The number of hydrogen-bond acceptors (Lipinski definition) is 4. The average Bonchev–Trinajstić information content (AvgIpc) is 3.32. The fraction of sp³-hybridized carbons (Fsp3) is 0.103. The lowest BCUT2D eigenvalue weighted by atomic mass is 10.2. The van der Waals surface area contributed by atoms with E-state index in [-0.39, 0.29) is 23.6 Å². The van der Waals surface area contributed by atoms with Gasteiger partial charge in [0.1, 0.15) is 18.2 Å². The number of halogens is 2. The van der Waals surface area contributed by atoms with Gasteiger partial charge < -0.3 is 9.30 Å². The number of carbonyl (C=O) groups is 2. The van der Waals surface area contributed by atoms with Gasteiger partial charge in [0.15, 0.2) is 0 Å². The molecule has 2 heterocycles. The molecule has 2 amide bonds. The maximum Gasteiger partial charge on any atom is 0.298 e. The van der Waals surface area contributed by atoms with Crippen molar-refractivity contribution in [2.24, 2.45) is 0 Å². The third-order valence-electron chi connectivity index (χ3n) is 6.08. The number of amides is 2. The van der Waals surface area contributed by atoms with Crippen LogP contribution in [0, 0.1) is 19.7 Å². The van der Waals surface area contributed by atoms with E-state index in [9.17, 15) is 14.0 Å². The van der Waals surface area contributed by atoms with E-state index >= 15 is 0 Å². The highest BCUT2D eigenvalue weighted by molar-refractivity contribution is 8.19. The molecule has 5 rings (SSSR count). The third-order valence-corrected chi connectivity index (χ3v) is 7.20. The molecule has 37 heavy (non-hydrogen) atoms. The maximum atomic E-state index is 13.8. The van der Waals surface area contributed by atoms with Crippen molar-refractivity contribution in [2.75, 3.05) is 4.90 Å². The van der Waals surface area contributed by atoms with Crippen LogP contribution < -0.4 is 9.64 Å². The van der Waals surface area contributed by atoms with Crippen molar-refractivity contribution in [1.82, 2.24) is 4.57 Å². The number of ether oxygens (including phenoxy) is 1. The van der Waals surface area contributed by atoms with Crippen molar-refractivity contribution in [3.05, 3.63) is 117 Å². The molecule has 1 aliphatic rings. The fourth-order valence-corrected chi connectivity index (χ4v) is 5.18. The van der Waals surface area contributed by atoms with Crippen LogP contribution >= 0.6 is 23.4 Å². The van der Waals surface area contributed by atoms with Crippen LogP contribution in [0.15, 0.2) is 83.8 Å². The second kappa shape index (κ2) is 10.3. The highest BCUT2D eigenvalue weighted by Gasteiger charge is 2.36. The minimum Gasteiger partial charge on any atom is -0.489 e. The highest BCUT2D eigenvalue weighted by atomic mass is 35.5. The van der Waals surface area contributed by atoms with Gasteiger partial charge in [0.05, 0.1) is 10.6 Å². The molecule has 3 aromatic carbocycles. The van der Waals surface area contributed by atoms with E-state index in [4.69, 9.17) is 16.3 Å². The molecule has 0 radical (unpaired) electrons. The lowest BCUT2D eigenvalue weighted by molar-refractivity contribution is -0.113. The molecule has 1 aromatic heterocycles. The first kappa shape index (κ1) is 24.9. The molecule has 186 valence electrons. The fourth-order valence-electron chi connectivity index (χ4n) is 4.22. The quantitative estimate of drug-likeness (QED) is 0.239. The normalized spacial score (nSPS) is 14.6. The predicted octanol–water partition coefficient (Wildman–Crippen LogP) is 7.71. The van der Waals surface area contributed by atoms with Gasteiger partial charge in [0, 0.05) is 27.7 Å². The zero-order valence-electron chi connectivity index (χ0n) is 20.1. The van der Waals surface area contributed by atoms with Gasteiger partial charge in [-0.1, -0.05) is 29.8 Å². The van der Waals surface area contributed by atoms with Crippen LogP contribution in [-0.4, -0.2) is 15.7 Å². The van der Waals surface area contributed by atoms with E-state index in [0.29, 0.717) is 26.9 Å². The number of aryl methyl sites for hydroxylation is 1. The Labute approximate surface area is 223 Å². The number of hydrogen-bond donors (Lipinski definition) is 0. The summed E-state index contributed by atoms with van der Waals surface area (Å²) >= 11 is 6.85. The van der Waals surface area contributed by atoms with Gasteiger partial charge in [0.25, 0.3) is 11.1 Å². The number of aromatic nitrogens is 1. The number of rotatable bonds is 6. The van der Waals surface area contributed by atoms with Gasteiger partial charge in [-0.25, -0.2) is 9.29 Å². The zero-order chi connectivity index (χ0) is 26.1. The summed E-state index contributed by atoms with van der Waals surface area (Å²) in [6.07, 6.45) is 1.76. The van der Waals surface area contributed by atoms with Gasteiger partial charge in [-0.15, -0.1) is 0 Å². The van der Waals surface area contributed by atoms with Crippen molar-refractivity contribution >= 4 is 46.3 Å². The summed E-state index contributed by atoms with van der Waals surface area (Å²) in [6, 6.07) is 22.6. The van der Waals surface area contributed by atoms with E-state index in [1.807, 2.05) is 44.2 Å². The van der Waals surface area contributed by atoms with Crippen molar-refractivity contribution in [3.63, 3.8) is 0 Å². The first-order valence-electron chi connectivity index (χ1n) is 11.5. The second-order valence-corrected chi connectivity index (χ2v) is 9.96. The van der Waals surface area contributed by atoms with E-state index < -0.39 is 0 Å². The molecule has 0 atom stereocenters. The Morgan fingerprint density at radius 3 is 2.32 bits per heavy atom. The summed E-state index contributed by atoms with van der Waals surface area (Å²) < 4.78 is 21.7. The van der Waals surface area contributed by atoms with Crippen molar-refractivity contribution < 1.29 is 18.7 Å². The summed E-state index contributed by atoms with van der Waals surface area (Å²) in [4.78, 5) is 27.2. The zero-order valence-corrected chi connectivity index (χ0v) is 21.6. The van der Waals surface area contributed by atoms with Crippen molar-refractivity contribution in [3.8, 4) is 11.4 Å². The molecule has 5 nitrogen and oxygen atoms in total. The molecular formula is C29H22ClFN2O3S. The van der Waals surface area contributed by atoms with Crippen LogP contribution in [0.25, 0.3) is 11.8 Å². The molecular weight excluding hydrogens is 511 g/mol. The first-order chi connectivity index (χ1) is 17.8. The molecule has 0 unspecified atom stereocenters. The average molecular weight is 533 g/mol. The van der Waals surface area contributed by atoms with Crippen LogP contribution in [0.3, 0.4) is 0 Å². The van der Waals surface area contributed by atoms with E-state index in [1.54, 1.807) is 48.5 Å². The molecule has 1 fully saturated rings. The number of anilines is 1. The Morgan fingerprint density at radius 2 is 1.62 bits per heavy atom. The lowest BCUT2D eigenvalue weighted by Crippen LogP contribution is -2.27. The molecule has 4 aromatic rings. The minimum absolute atomic E-state index is 0.142. The molecule has 0 aliphatic carbocycles. The highest BCUT2D eigenvalue weighted by Crippen LogP contribution is 2.37. The van der Waals surface area contributed by atoms with E-state index in [1.165, 1.54) is 6.07 Å². The lowest BCUT2D eigenvalue weighted by Gasteiger charge is -2.12. The van der Waals surface area contributed by atoms with Crippen molar-refractivity contribution in [2.45, 2.75) is 20.5 Å². The standard InChI is InChI=1S/C29H22ClFN2O3S/c1-18-15-21(16-27-28(34)33(29(35)37-27)24-9-7-22(30)8-10-24)19(2)32(18)23-11-13-25(14-12-23)36-17-20-5-3-4-6-26(20)31/h3-16H,17H2,1-2H3/b27-16+. The van der Waals surface area contributed by atoms with Crippen LogP contribution in [0.2, 0.25) is 5.02 Å². The minimum atomic E-state index is -0.363. The number of carbonyl (C=O) groups excluding carboxylic acids is 2. The summed E-state index contributed by atoms with van der Waals surface area (Å²) in [5, 5.41) is 0.182. The summed E-state index contributed by atoms with van der Waals surface area (Å²) in [7, 11) is 0. The number of imide groups is 1. The van der Waals surface area contributed by atoms with Crippen LogP contribution in [0.5, 0.6) is 5.75 Å². The number of nitrogens with zero attached hydrogens (tertiary/aromatic N) is 2. The van der Waals surface area contributed by atoms with Crippen LogP contribution in [0.1, 0.15) is 22.5 Å². The largest absolute Gasteiger partial charge is 0.489 e. The Hall–Kier alpha value is -3.81. The molecule has 8 heteroatoms. The third kappa shape index (κ3) is 5.05. The monoisotopic (exact) mass is 532 g/mol. The second-order valence-electron chi connectivity index (χ2n) is 8.53. The van der Waals surface area contributed by atoms with Gasteiger partial charge >= 0.3 is 0 Å². The molecule has 1 saturated heterocycles. The van der Waals surface area contributed by atoms with Crippen LogP contribution in [-0.2, 0) is 11.4 Å². The first-order valence-corrected chi connectivity index (χ1v) is 12.7. The Bertz CT molecular complexity index is 1530. The smallest absolute Gasteiger partial charge is 0.298 e. The summed E-state index contributed by atoms with van der Waals surface area (Å²) in [5.41, 5.74) is 4.64. The Balaban J connectivity index is 1.35. The number of benzene rings is 3. The SMILES string of the molecule is Cc1cc(/C=C2/SC(=O)N(c3ccc(Cl)cc3)C2=O)c(C)n1-c1ccc(OCc2ccccc2F)cc1. The van der Waals surface area contributed by atoms with Crippen molar-refractivity contribution in [1.29, 1.82) is 0 Å².